The molecule has 0 aliphatic carbocycles. The summed E-state index contributed by atoms with van der Waals surface area (Å²) in [5.41, 5.74) is 21.6. The number of phenolic OH excluding ortho intramolecular Hbond substituents is 1. The molecule has 1 unspecified atom stereocenters. The van der Waals surface area contributed by atoms with Gasteiger partial charge in [-0.05, 0) is 117 Å². The van der Waals surface area contributed by atoms with Crippen LogP contribution in [0.25, 0.3) is 21.8 Å². The first kappa shape index (κ1) is 107. The van der Waals surface area contributed by atoms with Crippen molar-refractivity contribution in [3.8, 4) is 5.75 Å². The predicted molar refractivity (Wildman–Crippen MR) is 520 cm³/mol. The summed E-state index contributed by atoms with van der Waals surface area (Å²) in [7, 11) is 3.06. The van der Waals surface area contributed by atoms with Crippen LogP contribution in [0.1, 0.15) is 152 Å². The molecule has 42 nitrogen and oxygen atoms in total. The van der Waals surface area contributed by atoms with Crippen molar-refractivity contribution in [2.24, 2.45) is 23.1 Å². The van der Waals surface area contributed by atoms with Crippen LogP contribution in [0.2, 0.25) is 0 Å². The molecule has 43 heteroatoms. The molecule has 758 valence electrons. The molecule has 7 aromatic rings. The van der Waals surface area contributed by atoms with Crippen LogP contribution in [0.4, 0.5) is 0 Å². The molecule has 16 amide bonds. The lowest BCUT2D eigenvalue weighted by atomic mass is 9.98. The third-order valence-electron chi connectivity index (χ3n) is 26.0. The summed E-state index contributed by atoms with van der Waals surface area (Å²) >= 11 is 0.858. The molecular weight excluding hydrogens is 1840 g/mol. The van der Waals surface area contributed by atoms with Gasteiger partial charge in [-0.1, -0.05) is 131 Å². The van der Waals surface area contributed by atoms with Crippen LogP contribution in [0.15, 0.2) is 140 Å². The Kier molecular flexibility index (Phi) is 38.8. The number of phenols is 1. The number of nitrogens with one attached hydrogen (secondary N) is 13. The van der Waals surface area contributed by atoms with E-state index in [0.29, 0.717) is 88.3 Å². The number of hydrogen-bond donors (Lipinski definition) is 19. The molecule has 22 N–H and O–H groups in total. The van der Waals surface area contributed by atoms with Gasteiger partial charge in [0.2, 0.25) is 94.5 Å². The lowest BCUT2D eigenvalue weighted by Crippen LogP contribution is -2.61. The fraction of sp³-hybridized carbons (Fsp3) is 0.490. The van der Waals surface area contributed by atoms with Gasteiger partial charge in [0, 0.05) is 130 Å². The number of aromatic nitrogens is 4. The van der Waals surface area contributed by atoms with Gasteiger partial charge in [-0.2, -0.15) is 0 Å². The number of thioether (sulfide) groups is 1. The summed E-state index contributed by atoms with van der Waals surface area (Å²) in [5.74, 6) is -17.1. The Morgan fingerprint density at radius 3 is 1.74 bits per heavy atom. The number of rotatable bonds is 26. The van der Waals surface area contributed by atoms with Crippen LogP contribution < -0.4 is 70.4 Å². The van der Waals surface area contributed by atoms with Crippen LogP contribution in [-0.4, -0.2) is 303 Å². The molecule has 7 heterocycles. The van der Waals surface area contributed by atoms with E-state index >= 15 is 57.5 Å². The fourth-order valence-electron chi connectivity index (χ4n) is 18.3. The van der Waals surface area contributed by atoms with Gasteiger partial charge >= 0.3 is 5.97 Å². The number of benzene rings is 4. The minimum atomic E-state index is -1.84. The number of aliphatic hydroxyl groups is 1. The molecule has 3 saturated heterocycles. The number of hydrogen-bond acceptors (Lipinski definition) is 23. The topological polar surface area (TPSA) is 626 Å². The number of carbonyl (C=O) groups is 17. The number of allylic oxidation sites excluding steroid dienone is 1. The Morgan fingerprint density at radius 1 is 0.546 bits per heavy atom. The van der Waals surface area contributed by atoms with Gasteiger partial charge < -0.3 is 125 Å². The molecular formula is C98H130N22O20S. The molecule has 4 aliphatic heterocycles. The number of para-hydroxylation sites is 2. The van der Waals surface area contributed by atoms with Crippen molar-refractivity contribution in [2.75, 3.05) is 51.8 Å². The molecule has 0 spiro atoms. The standard InChI is InChI=1S/C98H130N22O20S/c1-7-9-25-78-68-33-28-55(3)39-71(107-68)89(131)115-77(87(129)105-49-83(101)124)52-141-53-84(125)108-74(40-57-29-31-62(121)32-30-57)97(139)119(50-58-19-12-11-13-20-58)56(4)86(128)113-76(45-82(100)123)96(138)118-38-18-27-79(118)92(134)112-73(43-61-48-102-54-106-61)91(133)110-70(34-35-85(126)127)95(137)120-51-63(122)44-81(120)93(135)111-72(41-59-46-103-66-23-16-14-21-64(59)66)90(132)109-69(36-37-99)88(130)114-75(42-60-47-104-67-24-17-15-22-65(60)67)94(136)117(6)80(26-10-8-2)98(140)116(78)5/h11-17,19-24,29-33,46-48,54-56,63,69-81,103-104,107,121-122H,7-10,18,25-28,34-45,49-53,99H2,1-6H3,(H2,100,123)(H2,101,124)(H,102,106)(H,105,129)(H,108,125)(H,109,132)(H,110,133)(H,111,135)(H,112,134)(H,113,128)(H,114,130)(H,115,131)(H,126,127)/t55?,56-,63+,69-,70-,71-,72-,73-,74-,75-,76-,77-,78-,79-,80-,81-/m0/s1. The van der Waals surface area contributed by atoms with E-state index in [1.807, 2.05) is 45.0 Å². The highest BCUT2D eigenvalue weighted by Gasteiger charge is 2.47. The van der Waals surface area contributed by atoms with Crippen molar-refractivity contribution >= 4 is 134 Å². The number of carbonyl (C=O) groups excluding carboxylic acids is 16. The number of aromatic hydroxyl groups is 1. The number of imidazole rings is 1. The zero-order valence-corrected chi connectivity index (χ0v) is 80.7. The predicted octanol–water partition coefficient (Wildman–Crippen LogP) is 0.341. The molecule has 4 aromatic carbocycles. The van der Waals surface area contributed by atoms with Crippen molar-refractivity contribution in [3.63, 3.8) is 0 Å². The Morgan fingerprint density at radius 2 is 1.12 bits per heavy atom. The number of nitrogens with zero attached hydrogens (tertiary/aromatic N) is 6. The van der Waals surface area contributed by atoms with E-state index in [1.165, 1.54) is 60.6 Å². The second-order valence-electron chi connectivity index (χ2n) is 36.6. The Labute approximate surface area is 819 Å². The fourth-order valence-corrected chi connectivity index (χ4v) is 19.2. The zero-order chi connectivity index (χ0) is 102. The second-order valence-corrected chi connectivity index (χ2v) is 37.6. The van der Waals surface area contributed by atoms with E-state index in [0.717, 1.165) is 26.5 Å². The van der Waals surface area contributed by atoms with Crippen molar-refractivity contribution in [2.45, 2.75) is 247 Å². The highest BCUT2D eigenvalue weighted by Crippen LogP contribution is 2.31. The van der Waals surface area contributed by atoms with E-state index < -0.39 is 242 Å². The van der Waals surface area contributed by atoms with E-state index in [2.05, 4.69) is 73.1 Å². The molecule has 3 fully saturated rings. The smallest absolute Gasteiger partial charge is 0.303 e. The lowest BCUT2D eigenvalue weighted by molar-refractivity contribution is -0.147. The molecule has 11 rings (SSSR count). The highest BCUT2D eigenvalue weighted by atomic mass is 32.2. The van der Waals surface area contributed by atoms with E-state index in [4.69, 9.17) is 17.2 Å². The van der Waals surface area contributed by atoms with Crippen molar-refractivity contribution < 1.29 is 96.8 Å². The van der Waals surface area contributed by atoms with E-state index in [-0.39, 0.29) is 94.1 Å². The Bertz CT molecular complexity index is 5640. The second kappa shape index (κ2) is 51.1. The molecule has 0 radical (unpaired) electrons. The third kappa shape index (κ3) is 29.2. The average Bonchev–Trinajstić information content (AvgIpc) is 1.07. The van der Waals surface area contributed by atoms with Gasteiger partial charge in [-0.25, -0.2) is 4.98 Å². The molecule has 4 aliphatic rings. The number of nitrogens with two attached hydrogens (primary N) is 3. The number of aliphatic carboxylic acids is 1. The molecule has 0 saturated carbocycles. The van der Waals surface area contributed by atoms with E-state index in [9.17, 15) is 39.3 Å². The number of fused-ring (bicyclic) bond motifs is 6. The number of carboxylic acids is 1. The summed E-state index contributed by atoms with van der Waals surface area (Å²) in [6.07, 6.45) is 5.58. The summed E-state index contributed by atoms with van der Waals surface area (Å²) in [6, 6.07) is 7.56. The number of H-pyrrole nitrogens is 3. The van der Waals surface area contributed by atoms with Crippen LogP contribution in [-0.2, 0) is 114 Å². The number of aliphatic hydroxyl groups excluding tert-OH is 1. The maximum absolute atomic E-state index is 16.0. The Hall–Kier alpha value is -14.2. The average molecular weight is 1970 g/mol. The first-order chi connectivity index (χ1) is 67.5. The van der Waals surface area contributed by atoms with Crippen molar-refractivity contribution in [1.82, 2.24) is 97.6 Å². The minimum absolute atomic E-state index is 0.0697. The van der Waals surface area contributed by atoms with Gasteiger partial charge in [0.25, 0.3) is 0 Å². The van der Waals surface area contributed by atoms with E-state index in [1.54, 1.807) is 80.1 Å². The van der Waals surface area contributed by atoms with Gasteiger partial charge in [0.15, 0.2) is 0 Å². The molecule has 16 atom stereocenters. The number of likely N-dealkylation sites (N-methyl/N-ethyl adjacent to an activating group) is 2. The molecule has 3 aromatic heterocycles. The first-order valence-corrected chi connectivity index (χ1v) is 48.9. The maximum Gasteiger partial charge on any atom is 0.303 e. The van der Waals surface area contributed by atoms with Gasteiger partial charge in [0.1, 0.15) is 84.3 Å². The monoisotopic (exact) mass is 1970 g/mol. The number of carboxylic acid groups (broad SMARTS) is 1. The van der Waals surface area contributed by atoms with Crippen molar-refractivity contribution in [3.05, 3.63) is 168 Å². The van der Waals surface area contributed by atoms with Crippen LogP contribution in [0.3, 0.4) is 0 Å². The van der Waals surface area contributed by atoms with Gasteiger partial charge in [0.05, 0.1) is 37.2 Å². The minimum Gasteiger partial charge on any atom is -0.508 e. The molecule has 2 bridgehead atoms. The normalized spacial score (nSPS) is 25.1. The first-order valence-electron chi connectivity index (χ1n) is 47.8. The summed E-state index contributed by atoms with van der Waals surface area (Å²) in [4.78, 5) is 271. The van der Waals surface area contributed by atoms with Crippen LogP contribution >= 0.6 is 11.8 Å². The quantitative estimate of drug-likeness (QED) is 0.0348. The lowest BCUT2D eigenvalue weighted by Gasteiger charge is -2.38. The van der Waals surface area contributed by atoms with Crippen molar-refractivity contribution in [1.29, 1.82) is 0 Å². The highest BCUT2D eigenvalue weighted by molar-refractivity contribution is 8.00. The number of unbranched alkanes of at least 4 members (excludes halogenated alkanes) is 2. The molecule has 141 heavy (non-hydrogen) atoms. The maximum atomic E-state index is 16.0. The SMILES string of the molecule is CCCC[C@H]1C(=O)N(C)[C@@H](CCCC)C2=CCC(C)C[C@H](N2)C(=O)N[C@H](C(=O)NCC(N)=O)CSCC(=O)N[C@@H](Cc2ccc(O)cc2)C(=O)N(Cc2ccccc2)[C@@H](C)C(=O)N[C@@H](CC(N)=O)C(=O)N2CCC[C@H]2C(=O)N[C@@H](Cc2cnc[nH]2)C(=O)N[C@@H](CCC(=O)O)C(=O)N2C[C@H](O)C[C@H]2C(=O)N[C@@H](Cc2c[nH]c3ccccc23)C(=O)N[C@@H](CCN)C(=O)N[C@@H](Cc2c[nH]c3ccccc23)C(=O)N1C. The Balaban J connectivity index is 0.972. The van der Waals surface area contributed by atoms with Crippen LogP contribution in [0.5, 0.6) is 5.75 Å². The largest absolute Gasteiger partial charge is 0.508 e. The summed E-state index contributed by atoms with van der Waals surface area (Å²) in [6.45, 7) is 5.19. The number of primary amides is 2. The summed E-state index contributed by atoms with van der Waals surface area (Å²) < 4.78 is 0. The van der Waals surface area contributed by atoms with Gasteiger partial charge in [-0.3, -0.25) is 81.5 Å². The van der Waals surface area contributed by atoms with Gasteiger partial charge in [-0.15, -0.1) is 11.8 Å². The zero-order valence-electron chi connectivity index (χ0n) is 79.9. The number of amides is 16. The van der Waals surface area contributed by atoms with Crippen LogP contribution in [0, 0.1) is 5.92 Å². The third-order valence-corrected chi connectivity index (χ3v) is 27.1. The summed E-state index contributed by atoms with van der Waals surface area (Å²) in [5, 5.41) is 61.2. The number of aromatic amines is 3.